The molecule has 1 unspecified atom stereocenters. The number of halogens is 2. The van der Waals surface area contributed by atoms with Gasteiger partial charge in [0.15, 0.2) is 5.13 Å². The molecule has 1 aliphatic carbocycles. The lowest BCUT2D eigenvalue weighted by molar-refractivity contribution is -0.000592. The molecule has 5 heteroatoms. The van der Waals surface area contributed by atoms with Crippen LogP contribution in [0, 0.1) is 6.92 Å². The number of alkyl halides is 2. The lowest BCUT2D eigenvalue weighted by Crippen LogP contribution is -2.34. The van der Waals surface area contributed by atoms with Gasteiger partial charge in [-0.05, 0) is 19.8 Å². The standard InChI is InChI=1S/C9H12F2N2S/c1-6-5-14-8(12-6)13-7-3-2-4-9(7,10)11/h5,7H,2-4H2,1H3,(H,12,13). The van der Waals surface area contributed by atoms with E-state index in [1.54, 1.807) is 0 Å². The number of nitrogens with zero attached hydrogens (tertiary/aromatic N) is 1. The van der Waals surface area contributed by atoms with Crippen LogP contribution in [0.5, 0.6) is 0 Å². The predicted octanol–water partition coefficient (Wildman–Crippen LogP) is 3.05. The molecule has 2 nitrogen and oxygen atoms in total. The van der Waals surface area contributed by atoms with E-state index in [1.807, 2.05) is 12.3 Å². The van der Waals surface area contributed by atoms with Gasteiger partial charge >= 0.3 is 0 Å². The Kier molecular flexibility index (Phi) is 2.43. The van der Waals surface area contributed by atoms with Crippen molar-refractivity contribution in [2.75, 3.05) is 5.32 Å². The summed E-state index contributed by atoms with van der Waals surface area (Å²) in [5.41, 5.74) is 0.874. The van der Waals surface area contributed by atoms with Crippen LogP contribution in [0.1, 0.15) is 25.0 Å². The number of hydrogen-bond donors (Lipinski definition) is 1. The number of nitrogens with one attached hydrogen (secondary N) is 1. The lowest BCUT2D eigenvalue weighted by Gasteiger charge is -2.19. The van der Waals surface area contributed by atoms with Crippen LogP contribution in [0.3, 0.4) is 0 Å². The van der Waals surface area contributed by atoms with Gasteiger partial charge in [-0.2, -0.15) is 0 Å². The average molecular weight is 218 g/mol. The maximum absolute atomic E-state index is 13.2. The van der Waals surface area contributed by atoms with Crippen molar-refractivity contribution < 1.29 is 8.78 Å². The van der Waals surface area contributed by atoms with Gasteiger partial charge in [0.25, 0.3) is 5.92 Å². The summed E-state index contributed by atoms with van der Waals surface area (Å²) < 4.78 is 26.4. The van der Waals surface area contributed by atoms with Crippen molar-refractivity contribution in [3.63, 3.8) is 0 Å². The summed E-state index contributed by atoms with van der Waals surface area (Å²) in [5.74, 6) is -2.57. The van der Waals surface area contributed by atoms with E-state index in [9.17, 15) is 8.78 Å². The summed E-state index contributed by atoms with van der Waals surface area (Å²) in [6, 6.07) is -0.729. The van der Waals surface area contributed by atoms with Gasteiger partial charge in [-0.15, -0.1) is 11.3 Å². The van der Waals surface area contributed by atoms with Gasteiger partial charge in [0.05, 0.1) is 11.7 Å². The molecule has 1 N–H and O–H groups in total. The molecule has 0 bridgehead atoms. The first-order valence-electron chi connectivity index (χ1n) is 4.64. The first kappa shape index (κ1) is 9.83. The maximum atomic E-state index is 13.2. The predicted molar refractivity (Wildman–Crippen MR) is 53.1 cm³/mol. The highest BCUT2D eigenvalue weighted by atomic mass is 32.1. The second kappa shape index (κ2) is 3.46. The van der Waals surface area contributed by atoms with E-state index in [4.69, 9.17) is 0 Å². The highest BCUT2D eigenvalue weighted by molar-refractivity contribution is 7.13. The second-order valence-corrected chi connectivity index (χ2v) is 4.50. The summed E-state index contributed by atoms with van der Waals surface area (Å²) in [6.07, 6.45) is 1.12. The molecule has 0 amide bonds. The van der Waals surface area contributed by atoms with Gasteiger partial charge < -0.3 is 5.32 Å². The van der Waals surface area contributed by atoms with Crippen LogP contribution in [-0.2, 0) is 0 Å². The fraction of sp³-hybridized carbons (Fsp3) is 0.667. The zero-order valence-electron chi connectivity index (χ0n) is 7.89. The lowest BCUT2D eigenvalue weighted by atomic mass is 10.2. The van der Waals surface area contributed by atoms with Crippen LogP contribution in [0.4, 0.5) is 13.9 Å². The molecule has 1 aromatic heterocycles. The molecule has 1 aliphatic rings. The van der Waals surface area contributed by atoms with Crippen molar-refractivity contribution in [3.8, 4) is 0 Å². The molecule has 78 valence electrons. The Hall–Kier alpha value is -0.710. The van der Waals surface area contributed by atoms with Crippen molar-refractivity contribution in [1.29, 1.82) is 0 Å². The average Bonchev–Trinajstić information content (AvgIpc) is 2.61. The number of rotatable bonds is 2. The van der Waals surface area contributed by atoms with Crippen LogP contribution in [0.2, 0.25) is 0 Å². The minimum absolute atomic E-state index is 0.00494. The molecule has 2 rings (SSSR count). The Morgan fingerprint density at radius 1 is 1.64 bits per heavy atom. The molecule has 0 aliphatic heterocycles. The van der Waals surface area contributed by atoms with Gasteiger partial charge in [-0.25, -0.2) is 13.8 Å². The van der Waals surface area contributed by atoms with Crippen molar-refractivity contribution in [2.45, 2.75) is 38.2 Å². The number of aryl methyl sites for hydroxylation is 1. The molecular weight excluding hydrogens is 206 g/mol. The fourth-order valence-corrected chi connectivity index (χ4v) is 2.42. The summed E-state index contributed by atoms with van der Waals surface area (Å²) in [7, 11) is 0. The zero-order chi connectivity index (χ0) is 10.2. The summed E-state index contributed by atoms with van der Waals surface area (Å²) in [5, 5.41) is 5.27. The molecule has 14 heavy (non-hydrogen) atoms. The van der Waals surface area contributed by atoms with Crippen molar-refractivity contribution in [3.05, 3.63) is 11.1 Å². The Morgan fingerprint density at radius 2 is 2.43 bits per heavy atom. The topological polar surface area (TPSA) is 24.9 Å². The van der Waals surface area contributed by atoms with Gasteiger partial charge in [-0.3, -0.25) is 0 Å². The number of anilines is 1. The highest BCUT2D eigenvalue weighted by Gasteiger charge is 2.44. The smallest absolute Gasteiger partial charge is 0.267 e. The Balaban J connectivity index is 2.04. The van der Waals surface area contributed by atoms with Crippen LogP contribution in [0.15, 0.2) is 5.38 Å². The number of aromatic nitrogens is 1. The van der Waals surface area contributed by atoms with Crippen LogP contribution >= 0.6 is 11.3 Å². The van der Waals surface area contributed by atoms with Crippen LogP contribution in [-0.4, -0.2) is 16.9 Å². The normalized spacial score (nSPS) is 25.2. The minimum atomic E-state index is -2.57. The number of thiazole rings is 1. The van der Waals surface area contributed by atoms with E-state index in [2.05, 4.69) is 10.3 Å². The molecule has 1 heterocycles. The highest BCUT2D eigenvalue weighted by Crippen LogP contribution is 2.37. The SMILES string of the molecule is Cc1csc(NC2CCCC2(F)F)n1. The van der Waals surface area contributed by atoms with Gasteiger partial charge in [0.1, 0.15) is 0 Å². The molecule has 0 aromatic carbocycles. The molecule has 0 saturated heterocycles. The maximum Gasteiger partial charge on any atom is 0.267 e. The first-order valence-corrected chi connectivity index (χ1v) is 5.52. The third kappa shape index (κ3) is 1.87. The largest absolute Gasteiger partial charge is 0.353 e. The Morgan fingerprint density at radius 3 is 2.93 bits per heavy atom. The third-order valence-corrected chi connectivity index (χ3v) is 3.32. The molecule has 0 radical (unpaired) electrons. The Bertz CT molecular complexity index is 324. The Labute approximate surface area is 85.4 Å². The van der Waals surface area contributed by atoms with E-state index >= 15 is 0 Å². The van der Waals surface area contributed by atoms with E-state index in [0.29, 0.717) is 18.0 Å². The van der Waals surface area contributed by atoms with E-state index < -0.39 is 12.0 Å². The summed E-state index contributed by atoms with van der Waals surface area (Å²) >= 11 is 1.38. The summed E-state index contributed by atoms with van der Waals surface area (Å²) in [6.45, 7) is 1.86. The monoisotopic (exact) mass is 218 g/mol. The minimum Gasteiger partial charge on any atom is -0.353 e. The second-order valence-electron chi connectivity index (χ2n) is 3.64. The zero-order valence-corrected chi connectivity index (χ0v) is 8.70. The quantitative estimate of drug-likeness (QED) is 0.825. The van der Waals surface area contributed by atoms with E-state index in [-0.39, 0.29) is 6.42 Å². The van der Waals surface area contributed by atoms with E-state index in [1.165, 1.54) is 11.3 Å². The van der Waals surface area contributed by atoms with Crippen molar-refractivity contribution >= 4 is 16.5 Å². The molecular formula is C9H12F2N2S. The summed E-state index contributed by atoms with van der Waals surface area (Å²) in [4.78, 5) is 4.11. The number of hydrogen-bond acceptors (Lipinski definition) is 3. The molecule has 1 saturated carbocycles. The molecule has 1 aromatic rings. The van der Waals surface area contributed by atoms with Crippen molar-refractivity contribution in [2.24, 2.45) is 0 Å². The molecule has 1 fully saturated rings. The molecule has 1 atom stereocenters. The van der Waals surface area contributed by atoms with Gasteiger partial charge in [0, 0.05) is 11.8 Å². The van der Waals surface area contributed by atoms with Crippen molar-refractivity contribution in [1.82, 2.24) is 4.98 Å². The van der Waals surface area contributed by atoms with Gasteiger partial charge in [0.2, 0.25) is 0 Å². The van der Waals surface area contributed by atoms with Crippen LogP contribution < -0.4 is 5.32 Å². The van der Waals surface area contributed by atoms with E-state index in [0.717, 1.165) is 5.69 Å². The fourth-order valence-electron chi connectivity index (χ4n) is 1.67. The first-order chi connectivity index (χ1) is 6.58. The van der Waals surface area contributed by atoms with Crippen LogP contribution in [0.25, 0.3) is 0 Å². The van der Waals surface area contributed by atoms with Gasteiger partial charge in [-0.1, -0.05) is 0 Å². The molecule has 0 spiro atoms. The third-order valence-electron chi connectivity index (χ3n) is 2.43.